The summed E-state index contributed by atoms with van der Waals surface area (Å²) in [6, 6.07) is 6.08. The second-order valence-electron chi connectivity index (χ2n) is 5.23. The van der Waals surface area contributed by atoms with Crippen LogP contribution in [-0.2, 0) is 6.42 Å². The first kappa shape index (κ1) is 14.2. The Morgan fingerprint density at radius 3 is 2.68 bits per heavy atom. The van der Waals surface area contributed by atoms with Crippen molar-refractivity contribution in [2.24, 2.45) is 5.92 Å². The van der Waals surface area contributed by atoms with E-state index in [0.717, 1.165) is 37.2 Å². The highest BCUT2D eigenvalue weighted by atomic mass is 16.5. The molecule has 1 N–H and O–H groups in total. The van der Waals surface area contributed by atoms with Gasteiger partial charge in [-0.25, -0.2) is 0 Å². The standard InChI is InChI=1S/C16H24O3/c1-3-19-15-9-8-12(11-16(15)18-2)10-13-6-4-5-7-14(13)17/h8-9,11,13-14,17H,3-7,10H2,1-2H3. The van der Waals surface area contributed by atoms with Gasteiger partial charge in [0.1, 0.15) is 0 Å². The third-order valence-corrected chi connectivity index (χ3v) is 3.89. The highest BCUT2D eigenvalue weighted by Gasteiger charge is 2.23. The first-order chi connectivity index (χ1) is 9.24. The lowest BCUT2D eigenvalue weighted by Crippen LogP contribution is -2.26. The van der Waals surface area contributed by atoms with Crippen LogP contribution < -0.4 is 9.47 Å². The molecule has 3 nitrogen and oxygen atoms in total. The second-order valence-corrected chi connectivity index (χ2v) is 5.23. The van der Waals surface area contributed by atoms with Crippen molar-refractivity contribution < 1.29 is 14.6 Å². The van der Waals surface area contributed by atoms with E-state index in [2.05, 4.69) is 6.07 Å². The lowest BCUT2D eigenvalue weighted by atomic mass is 9.82. The van der Waals surface area contributed by atoms with E-state index in [-0.39, 0.29) is 6.10 Å². The number of benzene rings is 1. The summed E-state index contributed by atoms with van der Waals surface area (Å²) in [5.74, 6) is 1.96. The molecule has 0 radical (unpaired) electrons. The Bertz CT molecular complexity index is 403. The van der Waals surface area contributed by atoms with E-state index in [1.54, 1.807) is 7.11 Å². The van der Waals surface area contributed by atoms with Crippen LogP contribution in [0.5, 0.6) is 11.5 Å². The number of rotatable bonds is 5. The number of hydrogen-bond donors (Lipinski definition) is 1. The molecule has 1 aromatic carbocycles. The Balaban J connectivity index is 2.07. The Labute approximate surface area is 115 Å². The summed E-state index contributed by atoms with van der Waals surface area (Å²) in [6.45, 7) is 2.60. The highest BCUT2D eigenvalue weighted by Crippen LogP contribution is 2.32. The minimum absolute atomic E-state index is 0.147. The van der Waals surface area contributed by atoms with Crippen LogP contribution in [0.3, 0.4) is 0 Å². The predicted octanol–water partition coefficient (Wildman–Crippen LogP) is 3.19. The normalized spacial score (nSPS) is 23.1. The van der Waals surface area contributed by atoms with Gasteiger partial charge in [0.2, 0.25) is 0 Å². The summed E-state index contributed by atoms with van der Waals surface area (Å²) in [6.07, 6.45) is 5.23. The number of aliphatic hydroxyl groups is 1. The molecule has 0 heterocycles. The molecule has 3 heteroatoms. The van der Waals surface area contributed by atoms with Crippen molar-refractivity contribution in [3.05, 3.63) is 23.8 Å². The van der Waals surface area contributed by atoms with Gasteiger partial charge in [0, 0.05) is 0 Å². The summed E-state index contributed by atoms with van der Waals surface area (Å²) >= 11 is 0. The van der Waals surface area contributed by atoms with Crippen LogP contribution in [0.25, 0.3) is 0 Å². The maximum absolute atomic E-state index is 10.0. The average molecular weight is 264 g/mol. The maximum atomic E-state index is 10.0. The topological polar surface area (TPSA) is 38.7 Å². The van der Waals surface area contributed by atoms with Crippen molar-refractivity contribution in [1.82, 2.24) is 0 Å². The van der Waals surface area contributed by atoms with Crippen LogP contribution >= 0.6 is 0 Å². The van der Waals surface area contributed by atoms with Gasteiger partial charge in [-0.2, -0.15) is 0 Å². The van der Waals surface area contributed by atoms with Gasteiger partial charge in [0.15, 0.2) is 11.5 Å². The number of methoxy groups -OCH3 is 1. The van der Waals surface area contributed by atoms with Gasteiger partial charge in [-0.3, -0.25) is 0 Å². The van der Waals surface area contributed by atoms with E-state index in [0.29, 0.717) is 12.5 Å². The third kappa shape index (κ3) is 3.63. The van der Waals surface area contributed by atoms with Crippen LogP contribution in [0, 0.1) is 5.92 Å². The van der Waals surface area contributed by atoms with Gasteiger partial charge in [-0.1, -0.05) is 18.9 Å². The summed E-state index contributed by atoms with van der Waals surface area (Å²) < 4.78 is 10.9. The van der Waals surface area contributed by atoms with Crippen molar-refractivity contribution in [3.8, 4) is 11.5 Å². The first-order valence-electron chi connectivity index (χ1n) is 7.22. The zero-order valence-electron chi connectivity index (χ0n) is 11.9. The maximum Gasteiger partial charge on any atom is 0.161 e. The summed E-state index contributed by atoms with van der Waals surface area (Å²) in [5, 5.41) is 10.0. The molecule has 0 bridgehead atoms. The molecule has 106 valence electrons. The number of ether oxygens (including phenoxy) is 2. The molecule has 1 aliphatic carbocycles. The van der Waals surface area contributed by atoms with Crippen molar-refractivity contribution >= 4 is 0 Å². The Kier molecular flexibility index (Phi) is 5.08. The van der Waals surface area contributed by atoms with E-state index in [9.17, 15) is 5.11 Å². The zero-order valence-corrected chi connectivity index (χ0v) is 11.9. The molecule has 1 saturated carbocycles. The number of hydrogen-bond acceptors (Lipinski definition) is 3. The summed E-state index contributed by atoms with van der Waals surface area (Å²) in [4.78, 5) is 0. The van der Waals surface area contributed by atoms with Gasteiger partial charge >= 0.3 is 0 Å². The molecular formula is C16H24O3. The molecule has 1 aromatic rings. The highest BCUT2D eigenvalue weighted by molar-refractivity contribution is 5.43. The van der Waals surface area contributed by atoms with Gasteiger partial charge in [0.25, 0.3) is 0 Å². The van der Waals surface area contributed by atoms with Crippen LogP contribution in [0.15, 0.2) is 18.2 Å². The summed E-state index contributed by atoms with van der Waals surface area (Å²) in [7, 11) is 1.66. The summed E-state index contributed by atoms with van der Waals surface area (Å²) in [5.41, 5.74) is 1.21. The Morgan fingerprint density at radius 2 is 2.00 bits per heavy atom. The molecule has 1 aliphatic rings. The zero-order chi connectivity index (χ0) is 13.7. The largest absolute Gasteiger partial charge is 0.493 e. The molecule has 2 rings (SSSR count). The minimum atomic E-state index is -0.147. The predicted molar refractivity (Wildman–Crippen MR) is 75.8 cm³/mol. The van der Waals surface area contributed by atoms with E-state index in [1.165, 1.54) is 12.0 Å². The molecule has 0 aromatic heterocycles. The van der Waals surface area contributed by atoms with E-state index < -0.39 is 0 Å². The fourth-order valence-corrected chi connectivity index (χ4v) is 2.84. The molecular weight excluding hydrogens is 240 g/mol. The van der Waals surface area contributed by atoms with Gasteiger partial charge in [-0.15, -0.1) is 0 Å². The fourth-order valence-electron chi connectivity index (χ4n) is 2.84. The lowest BCUT2D eigenvalue weighted by molar-refractivity contribution is 0.0700. The molecule has 2 unspecified atom stereocenters. The van der Waals surface area contributed by atoms with E-state index >= 15 is 0 Å². The molecule has 0 amide bonds. The third-order valence-electron chi connectivity index (χ3n) is 3.89. The van der Waals surface area contributed by atoms with Gasteiger partial charge in [-0.05, 0) is 49.8 Å². The smallest absolute Gasteiger partial charge is 0.161 e. The molecule has 19 heavy (non-hydrogen) atoms. The Morgan fingerprint density at radius 1 is 1.21 bits per heavy atom. The first-order valence-corrected chi connectivity index (χ1v) is 7.22. The minimum Gasteiger partial charge on any atom is -0.493 e. The van der Waals surface area contributed by atoms with Gasteiger partial charge < -0.3 is 14.6 Å². The lowest BCUT2D eigenvalue weighted by Gasteiger charge is -2.27. The number of aliphatic hydroxyl groups excluding tert-OH is 1. The molecule has 0 aliphatic heterocycles. The second kappa shape index (κ2) is 6.80. The Hall–Kier alpha value is -1.22. The molecule has 0 spiro atoms. The van der Waals surface area contributed by atoms with Crippen molar-refractivity contribution in [3.63, 3.8) is 0 Å². The fraction of sp³-hybridized carbons (Fsp3) is 0.625. The molecule has 2 atom stereocenters. The average Bonchev–Trinajstić information content (AvgIpc) is 2.43. The molecule has 1 fully saturated rings. The van der Waals surface area contributed by atoms with Crippen LogP contribution in [0.2, 0.25) is 0 Å². The van der Waals surface area contributed by atoms with Crippen LogP contribution in [-0.4, -0.2) is 24.9 Å². The van der Waals surface area contributed by atoms with E-state index in [1.807, 2.05) is 19.1 Å². The van der Waals surface area contributed by atoms with Crippen molar-refractivity contribution in [2.45, 2.75) is 45.1 Å². The van der Waals surface area contributed by atoms with Crippen LogP contribution in [0.4, 0.5) is 0 Å². The molecule has 0 saturated heterocycles. The monoisotopic (exact) mass is 264 g/mol. The quantitative estimate of drug-likeness (QED) is 0.887. The van der Waals surface area contributed by atoms with E-state index in [4.69, 9.17) is 9.47 Å². The van der Waals surface area contributed by atoms with Crippen molar-refractivity contribution in [1.29, 1.82) is 0 Å². The van der Waals surface area contributed by atoms with Crippen LogP contribution in [0.1, 0.15) is 38.2 Å². The van der Waals surface area contributed by atoms with Crippen molar-refractivity contribution in [2.75, 3.05) is 13.7 Å². The SMILES string of the molecule is CCOc1ccc(CC2CCCCC2O)cc1OC. The van der Waals surface area contributed by atoms with Gasteiger partial charge in [0.05, 0.1) is 19.8 Å².